The zero-order valence-electron chi connectivity index (χ0n) is 14.6. The Kier molecular flexibility index (Phi) is 5.32. The number of rotatable bonds is 4. The van der Waals surface area contributed by atoms with Crippen LogP contribution >= 0.6 is 11.6 Å². The van der Waals surface area contributed by atoms with Crippen LogP contribution in [0.1, 0.15) is 12.0 Å². The van der Waals surface area contributed by atoms with Crippen LogP contribution in [0.15, 0.2) is 42.5 Å². The number of hydrogen-bond acceptors (Lipinski definition) is 3. The van der Waals surface area contributed by atoms with Crippen LogP contribution in [0.4, 0.5) is 16.2 Å². The molecule has 1 saturated heterocycles. The number of anilines is 2. The van der Waals surface area contributed by atoms with Gasteiger partial charge in [0.2, 0.25) is 5.91 Å². The van der Waals surface area contributed by atoms with Crippen molar-refractivity contribution >= 4 is 34.9 Å². The van der Waals surface area contributed by atoms with Crippen LogP contribution in [0.25, 0.3) is 0 Å². The molecule has 0 radical (unpaired) electrons. The summed E-state index contributed by atoms with van der Waals surface area (Å²) in [5.74, 6) is 0.366. The minimum Gasteiger partial charge on any atom is -0.495 e. The summed E-state index contributed by atoms with van der Waals surface area (Å²) in [4.78, 5) is 26.6. The monoisotopic (exact) mass is 373 g/mol. The lowest BCUT2D eigenvalue weighted by Gasteiger charge is -2.18. The van der Waals surface area contributed by atoms with Crippen LogP contribution in [0, 0.1) is 6.92 Å². The first-order valence-corrected chi connectivity index (χ1v) is 8.65. The van der Waals surface area contributed by atoms with E-state index in [2.05, 4.69) is 10.6 Å². The maximum atomic E-state index is 12.6. The van der Waals surface area contributed by atoms with E-state index in [1.54, 1.807) is 23.1 Å². The number of carbonyl (C=O) groups excluding carboxylic acids is 2. The van der Waals surface area contributed by atoms with Crippen molar-refractivity contribution in [3.63, 3.8) is 0 Å². The number of methoxy groups -OCH3 is 1. The summed E-state index contributed by atoms with van der Waals surface area (Å²) in [6.45, 7) is 2.56. The van der Waals surface area contributed by atoms with Crippen molar-refractivity contribution in [2.24, 2.45) is 0 Å². The van der Waals surface area contributed by atoms with E-state index in [4.69, 9.17) is 16.3 Å². The normalized spacial score (nSPS) is 16.5. The van der Waals surface area contributed by atoms with Gasteiger partial charge in [0.25, 0.3) is 0 Å². The second-order valence-corrected chi connectivity index (χ2v) is 6.55. The Labute approximate surface area is 157 Å². The van der Waals surface area contributed by atoms with E-state index in [-0.39, 0.29) is 5.91 Å². The molecule has 2 N–H and O–H groups in total. The highest BCUT2D eigenvalue weighted by Crippen LogP contribution is 2.28. The quantitative estimate of drug-likeness (QED) is 0.860. The number of nitrogens with one attached hydrogen (secondary N) is 2. The second-order valence-electron chi connectivity index (χ2n) is 6.11. The molecule has 0 bridgehead atoms. The van der Waals surface area contributed by atoms with Gasteiger partial charge in [0, 0.05) is 17.3 Å². The van der Waals surface area contributed by atoms with Crippen molar-refractivity contribution in [2.75, 3.05) is 23.9 Å². The van der Waals surface area contributed by atoms with Gasteiger partial charge in [0.15, 0.2) is 0 Å². The largest absolute Gasteiger partial charge is 0.495 e. The fraction of sp³-hybridized carbons (Fsp3) is 0.263. The van der Waals surface area contributed by atoms with Gasteiger partial charge in [-0.2, -0.15) is 0 Å². The summed E-state index contributed by atoms with van der Waals surface area (Å²) in [5.41, 5.74) is 2.41. The number of nitrogens with zero attached hydrogens (tertiary/aromatic N) is 1. The molecule has 1 fully saturated rings. The third kappa shape index (κ3) is 3.91. The Bertz CT molecular complexity index is 823. The summed E-state index contributed by atoms with van der Waals surface area (Å²) >= 11 is 5.96. The highest BCUT2D eigenvalue weighted by Gasteiger charge is 2.33. The van der Waals surface area contributed by atoms with Gasteiger partial charge >= 0.3 is 6.03 Å². The molecule has 2 aromatic rings. The highest BCUT2D eigenvalue weighted by atomic mass is 35.5. The lowest BCUT2D eigenvalue weighted by molar-refractivity contribution is -0.118. The van der Waals surface area contributed by atoms with Gasteiger partial charge in [-0.3, -0.25) is 4.79 Å². The molecule has 7 heteroatoms. The maximum absolute atomic E-state index is 12.6. The molecule has 0 aliphatic carbocycles. The topological polar surface area (TPSA) is 70.7 Å². The first-order chi connectivity index (χ1) is 12.5. The molecule has 1 aliphatic rings. The van der Waals surface area contributed by atoms with Crippen LogP contribution in [0.3, 0.4) is 0 Å². The summed E-state index contributed by atoms with van der Waals surface area (Å²) in [7, 11) is 1.51. The molecule has 1 aliphatic heterocycles. The Balaban J connectivity index is 1.64. The van der Waals surface area contributed by atoms with E-state index in [1.807, 2.05) is 31.2 Å². The molecule has 0 saturated carbocycles. The fourth-order valence-electron chi connectivity index (χ4n) is 2.89. The molecular formula is C19H20ClN3O3. The standard InChI is InChI=1S/C19H20ClN3O3/c1-12-3-6-14(7-4-12)23-10-9-15(18(23)24)21-19(25)22-16-11-13(20)5-8-17(16)26-2/h3-8,11,15H,9-10H2,1-2H3,(H2,21,22,25)/t15-/m1/s1. The number of halogens is 1. The zero-order valence-corrected chi connectivity index (χ0v) is 15.3. The van der Waals surface area contributed by atoms with E-state index in [0.29, 0.717) is 29.4 Å². The molecule has 1 heterocycles. The average Bonchev–Trinajstić information content (AvgIpc) is 2.96. The number of ether oxygens (including phenoxy) is 1. The molecule has 3 amide bonds. The summed E-state index contributed by atoms with van der Waals surface area (Å²) in [6.07, 6.45) is 0.548. The highest BCUT2D eigenvalue weighted by molar-refractivity contribution is 6.31. The van der Waals surface area contributed by atoms with E-state index in [1.165, 1.54) is 7.11 Å². The second kappa shape index (κ2) is 7.66. The Hall–Kier alpha value is -2.73. The van der Waals surface area contributed by atoms with Gasteiger partial charge in [-0.15, -0.1) is 0 Å². The summed E-state index contributed by atoms with van der Waals surface area (Å²) in [6, 6.07) is 11.6. The van der Waals surface area contributed by atoms with Crippen molar-refractivity contribution < 1.29 is 14.3 Å². The van der Waals surface area contributed by atoms with Crippen molar-refractivity contribution in [1.82, 2.24) is 5.32 Å². The molecular weight excluding hydrogens is 354 g/mol. The number of urea groups is 1. The molecule has 2 aromatic carbocycles. The number of benzene rings is 2. The molecule has 1 atom stereocenters. The van der Waals surface area contributed by atoms with Gasteiger partial charge in [-0.05, 0) is 43.7 Å². The lowest BCUT2D eigenvalue weighted by Crippen LogP contribution is -2.43. The summed E-state index contributed by atoms with van der Waals surface area (Å²) < 4.78 is 5.20. The first-order valence-electron chi connectivity index (χ1n) is 8.27. The van der Waals surface area contributed by atoms with Crippen LogP contribution in [-0.4, -0.2) is 31.6 Å². The first kappa shape index (κ1) is 18.1. The Morgan fingerprint density at radius 1 is 1.23 bits per heavy atom. The molecule has 6 nitrogen and oxygen atoms in total. The van der Waals surface area contributed by atoms with Crippen LogP contribution in [0.2, 0.25) is 5.02 Å². The SMILES string of the molecule is COc1ccc(Cl)cc1NC(=O)N[C@@H]1CCN(c2ccc(C)cc2)C1=O. The number of aryl methyl sites for hydroxylation is 1. The van der Waals surface area contributed by atoms with Gasteiger partial charge in [-0.1, -0.05) is 29.3 Å². The molecule has 0 aromatic heterocycles. The molecule has 136 valence electrons. The van der Waals surface area contributed by atoms with Gasteiger partial charge in [-0.25, -0.2) is 4.79 Å². The van der Waals surface area contributed by atoms with Crippen LogP contribution < -0.4 is 20.3 Å². The van der Waals surface area contributed by atoms with Gasteiger partial charge < -0.3 is 20.3 Å². The van der Waals surface area contributed by atoms with E-state index in [0.717, 1.165) is 11.3 Å². The molecule has 0 unspecified atom stereocenters. The average molecular weight is 374 g/mol. The third-order valence-corrected chi connectivity index (χ3v) is 4.50. The Morgan fingerprint density at radius 3 is 2.65 bits per heavy atom. The van der Waals surface area contributed by atoms with Crippen LogP contribution in [-0.2, 0) is 4.79 Å². The predicted molar refractivity (Wildman–Crippen MR) is 102 cm³/mol. The van der Waals surface area contributed by atoms with Gasteiger partial charge in [0.1, 0.15) is 11.8 Å². The Morgan fingerprint density at radius 2 is 1.96 bits per heavy atom. The fourth-order valence-corrected chi connectivity index (χ4v) is 3.06. The van der Waals surface area contributed by atoms with Crippen molar-refractivity contribution in [2.45, 2.75) is 19.4 Å². The molecule has 3 rings (SSSR count). The molecule has 0 spiro atoms. The third-order valence-electron chi connectivity index (χ3n) is 4.27. The number of amides is 3. The number of carbonyl (C=O) groups is 2. The maximum Gasteiger partial charge on any atom is 0.319 e. The minimum atomic E-state index is -0.568. The van der Waals surface area contributed by atoms with E-state index in [9.17, 15) is 9.59 Å². The number of hydrogen-bond donors (Lipinski definition) is 2. The molecule has 26 heavy (non-hydrogen) atoms. The van der Waals surface area contributed by atoms with Crippen molar-refractivity contribution in [3.05, 3.63) is 53.1 Å². The van der Waals surface area contributed by atoms with Crippen molar-refractivity contribution in [1.29, 1.82) is 0 Å². The van der Waals surface area contributed by atoms with E-state index >= 15 is 0 Å². The zero-order chi connectivity index (χ0) is 18.7. The minimum absolute atomic E-state index is 0.123. The van der Waals surface area contributed by atoms with Gasteiger partial charge in [0.05, 0.1) is 12.8 Å². The van der Waals surface area contributed by atoms with Crippen LogP contribution in [0.5, 0.6) is 5.75 Å². The van der Waals surface area contributed by atoms with E-state index < -0.39 is 12.1 Å². The predicted octanol–water partition coefficient (Wildman–Crippen LogP) is 3.58. The van der Waals surface area contributed by atoms with Crippen molar-refractivity contribution in [3.8, 4) is 5.75 Å². The summed E-state index contributed by atoms with van der Waals surface area (Å²) in [5, 5.41) is 5.88. The smallest absolute Gasteiger partial charge is 0.319 e. The lowest BCUT2D eigenvalue weighted by atomic mass is 10.2.